The van der Waals surface area contributed by atoms with Crippen molar-refractivity contribution in [3.05, 3.63) is 60.6 Å². The van der Waals surface area contributed by atoms with Crippen molar-refractivity contribution in [1.29, 1.82) is 0 Å². The number of fused-ring (bicyclic) bond motifs is 1. The molecule has 8 heteroatoms. The molecule has 3 aromatic rings. The predicted octanol–water partition coefficient (Wildman–Crippen LogP) is 2.59. The van der Waals surface area contributed by atoms with Gasteiger partial charge in [-0.3, -0.25) is 9.78 Å². The number of hydrogen-bond donors (Lipinski definition) is 2. The van der Waals surface area contributed by atoms with Gasteiger partial charge in [0, 0.05) is 24.3 Å². The van der Waals surface area contributed by atoms with Gasteiger partial charge in [0.05, 0.1) is 28.2 Å². The first kappa shape index (κ1) is 19.3. The minimum atomic E-state index is -3.84. The third-order valence-corrected chi connectivity index (χ3v) is 8.06. The number of nitrogens with zero attached hydrogens (tertiary/aromatic N) is 2. The van der Waals surface area contributed by atoms with Crippen molar-refractivity contribution in [3.8, 4) is 0 Å². The molecule has 1 saturated carbocycles. The molecule has 1 amide bonds. The molecule has 3 heterocycles. The molecule has 2 aromatic heterocycles. The van der Waals surface area contributed by atoms with Crippen molar-refractivity contribution < 1.29 is 13.2 Å². The highest BCUT2D eigenvalue weighted by Crippen LogP contribution is 2.51. The van der Waals surface area contributed by atoms with Crippen molar-refractivity contribution in [2.75, 3.05) is 6.54 Å². The lowest BCUT2D eigenvalue weighted by Gasteiger charge is -2.20. The fourth-order valence-electron chi connectivity index (χ4n) is 4.37. The van der Waals surface area contributed by atoms with Gasteiger partial charge in [0.1, 0.15) is 0 Å². The van der Waals surface area contributed by atoms with E-state index >= 15 is 0 Å². The molecule has 2 fully saturated rings. The number of pyridine rings is 1. The van der Waals surface area contributed by atoms with Gasteiger partial charge in [0.15, 0.2) is 0 Å². The van der Waals surface area contributed by atoms with Crippen LogP contribution in [0.3, 0.4) is 0 Å². The van der Waals surface area contributed by atoms with E-state index in [1.54, 1.807) is 54.9 Å². The summed E-state index contributed by atoms with van der Waals surface area (Å²) in [5.41, 5.74) is 1.36. The molecule has 7 nitrogen and oxygen atoms in total. The quantitative estimate of drug-likeness (QED) is 0.657. The first-order valence-corrected chi connectivity index (χ1v) is 11.6. The average molecular weight is 425 g/mol. The summed E-state index contributed by atoms with van der Waals surface area (Å²) in [5, 5.41) is 7.05. The zero-order valence-corrected chi connectivity index (χ0v) is 17.5. The van der Waals surface area contributed by atoms with E-state index in [0.29, 0.717) is 22.0 Å². The first-order chi connectivity index (χ1) is 14.4. The predicted molar refractivity (Wildman–Crippen MR) is 113 cm³/mol. The smallest absolute Gasteiger partial charge is 0.268 e. The maximum absolute atomic E-state index is 13.5. The molecule has 1 spiro atoms. The Bertz CT molecular complexity index is 1220. The highest BCUT2D eigenvalue weighted by Gasteiger charge is 2.50. The molecule has 156 valence electrons. The fraction of sp³-hybridized carbons (Fsp3) is 0.364. The lowest BCUT2D eigenvalue weighted by atomic mass is 10.0. The molecule has 1 aliphatic heterocycles. The Morgan fingerprint density at radius 2 is 2.03 bits per heavy atom. The van der Waals surface area contributed by atoms with E-state index in [0.717, 1.165) is 13.0 Å². The van der Waals surface area contributed by atoms with Crippen molar-refractivity contribution >= 4 is 26.8 Å². The summed E-state index contributed by atoms with van der Waals surface area (Å²) >= 11 is 0. The molecule has 2 aliphatic rings. The van der Waals surface area contributed by atoms with Crippen molar-refractivity contribution in [2.24, 2.45) is 5.41 Å². The number of rotatable bonds is 5. The van der Waals surface area contributed by atoms with Crippen LogP contribution in [0, 0.1) is 5.41 Å². The van der Waals surface area contributed by atoms with Crippen LogP contribution in [0.1, 0.15) is 37.9 Å². The van der Waals surface area contributed by atoms with Crippen LogP contribution in [-0.4, -0.2) is 35.9 Å². The number of nitrogens with one attached hydrogen (secondary N) is 2. The summed E-state index contributed by atoms with van der Waals surface area (Å²) in [6.45, 7) is 2.70. The highest BCUT2D eigenvalue weighted by molar-refractivity contribution is 7.90. The normalized spacial score (nSPS) is 21.0. The van der Waals surface area contributed by atoms with Crippen molar-refractivity contribution in [2.45, 2.75) is 43.2 Å². The van der Waals surface area contributed by atoms with E-state index in [4.69, 9.17) is 0 Å². The number of aromatic nitrogens is 2. The monoisotopic (exact) mass is 424 g/mol. The molecule has 1 aromatic carbocycles. The van der Waals surface area contributed by atoms with E-state index in [1.807, 2.05) is 6.92 Å². The fourth-order valence-corrected chi connectivity index (χ4v) is 5.99. The van der Waals surface area contributed by atoms with Crippen LogP contribution in [0.2, 0.25) is 0 Å². The van der Waals surface area contributed by atoms with Crippen LogP contribution in [0.15, 0.2) is 59.8 Å². The third-order valence-electron chi connectivity index (χ3n) is 6.30. The van der Waals surface area contributed by atoms with Gasteiger partial charge in [-0.2, -0.15) is 0 Å². The molecule has 0 bridgehead atoms. The second kappa shape index (κ2) is 6.92. The second-order valence-electron chi connectivity index (χ2n) is 8.45. The minimum Gasteiger partial charge on any atom is -0.347 e. The summed E-state index contributed by atoms with van der Waals surface area (Å²) in [5.74, 6) is -0.0849. The number of carbonyl (C=O) groups excluding carboxylic acids is 1. The molecule has 2 N–H and O–H groups in total. The van der Waals surface area contributed by atoms with Crippen LogP contribution >= 0.6 is 0 Å². The van der Waals surface area contributed by atoms with Gasteiger partial charge in [0.2, 0.25) is 5.91 Å². The standard InChI is InChI=1S/C22H24N4O3S/c1-15(25-21(27)18-12-22(8-9-22)14-24-18)20-11-16-13-23-10-7-19(16)26(20)30(28,29)17-5-3-2-4-6-17/h2-7,10-11,13,15,18,24H,8-9,12,14H2,1H3,(H,25,27)/t15?,18-/m0/s1. The van der Waals surface area contributed by atoms with Gasteiger partial charge in [-0.1, -0.05) is 18.2 Å². The molecule has 0 radical (unpaired) electrons. The largest absolute Gasteiger partial charge is 0.347 e. The Morgan fingerprint density at radius 3 is 2.73 bits per heavy atom. The van der Waals surface area contributed by atoms with E-state index in [2.05, 4.69) is 15.6 Å². The van der Waals surface area contributed by atoms with Crippen LogP contribution in [-0.2, 0) is 14.8 Å². The van der Waals surface area contributed by atoms with Crippen LogP contribution in [0.5, 0.6) is 0 Å². The summed E-state index contributed by atoms with van der Waals surface area (Å²) in [7, 11) is -3.84. The Labute approximate surface area is 175 Å². The SMILES string of the molecule is CC(NC(=O)[C@@H]1CC2(CC2)CN1)c1cc2cnccc2n1S(=O)(=O)c1ccccc1. The van der Waals surface area contributed by atoms with E-state index in [1.165, 1.54) is 16.8 Å². The molecular weight excluding hydrogens is 400 g/mol. The third kappa shape index (κ3) is 3.20. The van der Waals surface area contributed by atoms with Crippen LogP contribution < -0.4 is 10.6 Å². The molecule has 30 heavy (non-hydrogen) atoms. The Hall–Kier alpha value is -2.71. The van der Waals surface area contributed by atoms with Gasteiger partial charge in [-0.25, -0.2) is 12.4 Å². The van der Waals surface area contributed by atoms with Crippen molar-refractivity contribution in [1.82, 2.24) is 19.6 Å². The first-order valence-electron chi connectivity index (χ1n) is 10.2. The maximum Gasteiger partial charge on any atom is 0.268 e. The number of hydrogen-bond acceptors (Lipinski definition) is 5. The molecular formula is C22H24N4O3S. The Balaban J connectivity index is 1.51. The molecule has 1 aliphatic carbocycles. The van der Waals surface area contributed by atoms with Crippen molar-refractivity contribution in [3.63, 3.8) is 0 Å². The molecule has 1 saturated heterocycles. The van der Waals surface area contributed by atoms with Gasteiger partial charge < -0.3 is 10.6 Å². The summed E-state index contributed by atoms with van der Waals surface area (Å²) < 4.78 is 28.3. The molecule has 2 atom stereocenters. The van der Waals surface area contributed by atoms with E-state index < -0.39 is 16.1 Å². The Morgan fingerprint density at radius 1 is 1.27 bits per heavy atom. The zero-order chi connectivity index (χ0) is 20.9. The summed E-state index contributed by atoms with van der Waals surface area (Å²) in [4.78, 5) is 17.2. The van der Waals surface area contributed by atoms with Gasteiger partial charge in [-0.15, -0.1) is 0 Å². The second-order valence-corrected chi connectivity index (χ2v) is 10.2. The lowest BCUT2D eigenvalue weighted by Crippen LogP contribution is -2.42. The minimum absolute atomic E-state index is 0.0849. The van der Waals surface area contributed by atoms with Crippen LogP contribution in [0.4, 0.5) is 0 Å². The lowest BCUT2D eigenvalue weighted by molar-refractivity contribution is -0.123. The molecule has 1 unspecified atom stereocenters. The molecule has 5 rings (SSSR count). The number of carbonyl (C=O) groups is 1. The van der Waals surface area contributed by atoms with Gasteiger partial charge in [-0.05, 0) is 55.9 Å². The average Bonchev–Trinajstić information content (AvgIpc) is 3.19. The van der Waals surface area contributed by atoms with Gasteiger partial charge in [0.25, 0.3) is 10.0 Å². The summed E-state index contributed by atoms with van der Waals surface area (Å²) in [6.07, 6.45) is 6.41. The Kier molecular flexibility index (Phi) is 4.44. The van der Waals surface area contributed by atoms with Gasteiger partial charge >= 0.3 is 0 Å². The van der Waals surface area contributed by atoms with Crippen LogP contribution in [0.25, 0.3) is 10.9 Å². The number of benzene rings is 1. The highest BCUT2D eigenvalue weighted by atomic mass is 32.2. The zero-order valence-electron chi connectivity index (χ0n) is 16.7. The number of amides is 1. The topological polar surface area (TPSA) is 93.1 Å². The van der Waals surface area contributed by atoms with E-state index in [9.17, 15) is 13.2 Å². The maximum atomic E-state index is 13.5. The van der Waals surface area contributed by atoms with E-state index in [-0.39, 0.29) is 16.8 Å². The summed E-state index contributed by atoms with van der Waals surface area (Å²) in [6, 6.07) is 11.1.